The Bertz CT molecular complexity index is 672. The van der Waals surface area contributed by atoms with Gasteiger partial charge in [0.15, 0.2) is 0 Å². The summed E-state index contributed by atoms with van der Waals surface area (Å²) in [4.78, 5) is 13.0. The van der Waals surface area contributed by atoms with Crippen LogP contribution in [0, 0.1) is 0 Å². The van der Waals surface area contributed by atoms with Crippen LogP contribution in [0.5, 0.6) is 0 Å². The molecule has 0 saturated heterocycles. The van der Waals surface area contributed by atoms with Gasteiger partial charge in [-0.25, -0.2) is 0 Å². The summed E-state index contributed by atoms with van der Waals surface area (Å²) in [7, 11) is 0. The van der Waals surface area contributed by atoms with E-state index >= 15 is 0 Å². The Kier molecular flexibility index (Phi) is 5.45. The Balaban J connectivity index is 2.13. The molecule has 1 aromatic heterocycles. The van der Waals surface area contributed by atoms with Crippen LogP contribution in [0.1, 0.15) is 23.0 Å². The normalized spacial score (nSPS) is 13.7. The van der Waals surface area contributed by atoms with Gasteiger partial charge in [-0.15, -0.1) is 11.8 Å². The van der Waals surface area contributed by atoms with Gasteiger partial charge in [0, 0.05) is 4.90 Å². The number of thioether (sulfide) groups is 1. The van der Waals surface area contributed by atoms with Crippen molar-refractivity contribution in [3.8, 4) is 0 Å². The fourth-order valence-electron chi connectivity index (χ4n) is 1.88. The summed E-state index contributed by atoms with van der Waals surface area (Å²) in [5.74, 6) is -0.0106. The average molecular weight is 360 g/mol. The SMILES string of the molecule is CSc1cc(C(=O)NC[C@@](C)(O)c2ccco2)c(Cl)cc1Cl. The van der Waals surface area contributed by atoms with Crippen LogP contribution in [-0.2, 0) is 5.60 Å². The van der Waals surface area contributed by atoms with E-state index in [1.165, 1.54) is 24.1 Å². The Morgan fingerprint density at radius 1 is 1.41 bits per heavy atom. The van der Waals surface area contributed by atoms with Gasteiger partial charge in [0.25, 0.3) is 5.91 Å². The van der Waals surface area contributed by atoms with Crippen molar-refractivity contribution in [3.05, 3.63) is 51.9 Å². The number of carbonyl (C=O) groups excluding carboxylic acids is 1. The van der Waals surface area contributed by atoms with Crippen molar-refractivity contribution in [2.24, 2.45) is 0 Å². The van der Waals surface area contributed by atoms with Crippen molar-refractivity contribution >= 4 is 40.9 Å². The molecule has 0 unspecified atom stereocenters. The minimum Gasteiger partial charge on any atom is -0.466 e. The molecule has 4 nitrogen and oxygen atoms in total. The number of benzene rings is 1. The highest BCUT2D eigenvalue weighted by Crippen LogP contribution is 2.31. The Hall–Kier alpha value is -1.14. The number of amides is 1. The standard InChI is InChI=1S/C15H15Cl2NO3S/c1-15(20,13-4-3-5-21-13)8-18-14(19)9-6-12(22-2)11(17)7-10(9)16/h3-7,20H,8H2,1-2H3,(H,18,19)/t15-/m1/s1. The van der Waals surface area contributed by atoms with E-state index in [0.717, 1.165) is 4.90 Å². The van der Waals surface area contributed by atoms with E-state index in [4.69, 9.17) is 27.6 Å². The molecule has 0 aliphatic rings. The van der Waals surface area contributed by atoms with Crippen LogP contribution in [0.15, 0.2) is 39.8 Å². The fourth-order valence-corrected chi connectivity index (χ4v) is 3.07. The highest BCUT2D eigenvalue weighted by atomic mass is 35.5. The molecule has 0 bridgehead atoms. The van der Waals surface area contributed by atoms with E-state index in [0.29, 0.717) is 16.3 Å². The first-order chi connectivity index (χ1) is 10.3. The first-order valence-electron chi connectivity index (χ1n) is 6.43. The molecule has 0 saturated carbocycles. The van der Waals surface area contributed by atoms with Crippen molar-refractivity contribution in [2.45, 2.75) is 17.4 Å². The van der Waals surface area contributed by atoms with Gasteiger partial charge >= 0.3 is 0 Å². The molecule has 7 heteroatoms. The summed E-state index contributed by atoms with van der Waals surface area (Å²) < 4.78 is 5.16. The van der Waals surface area contributed by atoms with Gasteiger partial charge in [-0.3, -0.25) is 4.79 Å². The third kappa shape index (κ3) is 3.79. The van der Waals surface area contributed by atoms with Crippen LogP contribution in [-0.4, -0.2) is 23.8 Å². The maximum atomic E-state index is 12.3. The van der Waals surface area contributed by atoms with Crippen molar-refractivity contribution in [1.82, 2.24) is 5.32 Å². The third-order valence-corrected chi connectivity index (χ3v) is 4.65. The van der Waals surface area contributed by atoms with Gasteiger partial charge < -0.3 is 14.8 Å². The topological polar surface area (TPSA) is 62.5 Å². The predicted octanol–water partition coefficient (Wildman–Crippen LogP) is 3.95. The Morgan fingerprint density at radius 2 is 2.14 bits per heavy atom. The van der Waals surface area contributed by atoms with Crippen LogP contribution >= 0.6 is 35.0 Å². The molecule has 1 atom stereocenters. The second-order valence-electron chi connectivity index (χ2n) is 4.90. The molecule has 2 aromatic rings. The largest absolute Gasteiger partial charge is 0.466 e. The van der Waals surface area contributed by atoms with Crippen molar-refractivity contribution in [3.63, 3.8) is 0 Å². The lowest BCUT2D eigenvalue weighted by atomic mass is 10.0. The Labute approximate surface area is 142 Å². The number of hydrogen-bond acceptors (Lipinski definition) is 4. The number of halogens is 2. The lowest BCUT2D eigenvalue weighted by Gasteiger charge is -2.21. The maximum absolute atomic E-state index is 12.3. The van der Waals surface area contributed by atoms with Gasteiger partial charge in [0.05, 0.1) is 28.4 Å². The van der Waals surface area contributed by atoms with E-state index in [1.807, 2.05) is 6.26 Å². The number of hydrogen-bond donors (Lipinski definition) is 2. The van der Waals surface area contributed by atoms with Gasteiger partial charge in [-0.1, -0.05) is 23.2 Å². The summed E-state index contributed by atoms with van der Waals surface area (Å²) in [5, 5.41) is 13.7. The van der Waals surface area contributed by atoms with E-state index < -0.39 is 5.60 Å². The molecule has 0 aliphatic heterocycles. The van der Waals surface area contributed by atoms with Crippen molar-refractivity contribution in [1.29, 1.82) is 0 Å². The molecule has 1 heterocycles. The molecule has 0 fully saturated rings. The molecule has 0 aliphatic carbocycles. The summed E-state index contributed by atoms with van der Waals surface area (Å²) >= 11 is 13.5. The molecule has 0 radical (unpaired) electrons. The summed E-state index contributed by atoms with van der Waals surface area (Å²) in [6, 6.07) is 6.49. The zero-order valence-corrected chi connectivity index (χ0v) is 14.4. The van der Waals surface area contributed by atoms with Gasteiger partial charge in [0.1, 0.15) is 11.4 Å². The summed E-state index contributed by atoms with van der Waals surface area (Å²) in [6.07, 6.45) is 3.32. The lowest BCUT2D eigenvalue weighted by molar-refractivity contribution is 0.0330. The molecule has 1 aromatic carbocycles. The number of nitrogens with one attached hydrogen (secondary N) is 1. The third-order valence-electron chi connectivity index (χ3n) is 3.13. The van der Waals surface area contributed by atoms with Crippen LogP contribution in [0.3, 0.4) is 0 Å². The molecular weight excluding hydrogens is 345 g/mol. The highest BCUT2D eigenvalue weighted by Gasteiger charge is 2.27. The second kappa shape index (κ2) is 6.96. The second-order valence-corrected chi connectivity index (χ2v) is 6.56. The summed E-state index contributed by atoms with van der Waals surface area (Å²) in [6.45, 7) is 1.55. The molecule has 1 amide bonds. The number of carbonyl (C=O) groups is 1. The van der Waals surface area contributed by atoms with E-state index in [9.17, 15) is 9.90 Å². The van der Waals surface area contributed by atoms with Crippen molar-refractivity contribution < 1.29 is 14.3 Å². The quantitative estimate of drug-likeness (QED) is 0.793. The first-order valence-corrected chi connectivity index (χ1v) is 8.41. The molecule has 2 rings (SSSR count). The van der Waals surface area contributed by atoms with Crippen LogP contribution < -0.4 is 5.32 Å². The smallest absolute Gasteiger partial charge is 0.252 e. The molecule has 118 valence electrons. The molecule has 0 spiro atoms. The van der Waals surface area contributed by atoms with Crippen molar-refractivity contribution in [2.75, 3.05) is 12.8 Å². The van der Waals surface area contributed by atoms with Gasteiger partial charge in [-0.2, -0.15) is 0 Å². The number of rotatable bonds is 5. The van der Waals surface area contributed by atoms with Gasteiger partial charge in [-0.05, 0) is 37.4 Å². The molecule has 2 N–H and O–H groups in total. The highest BCUT2D eigenvalue weighted by molar-refractivity contribution is 7.98. The Morgan fingerprint density at radius 3 is 2.73 bits per heavy atom. The summed E-state index contributed by atoms with van der Waals surface area (Å²) in [5.41, 5.74) is -0.994. The fraction of sp³-hybridized carbons (Fsp3) is 0.267. The van der Waals surface area contributed by atoms with Crippen LogP contribution in [0.2, 0.25) is 10.0 Å². The number of aliphatic hydroxyl groups is 1. The number of furan rings is 1. The van der Waals surface area contributed by atoms with E-state index in [1.54, 1.807) is 25.1 Å². The van der Waals surface area contributed by atoms with Crippen LogP contribution in [0.4, 0.5) is 0 Å². The molecular formula is C15H15Cl2NO3S. The average Bonchev–Trinajstić information content (AvgIpc) is 3.00. The maximum Gasteiger partial charge on any atom is 0.252 e. The minimum absolute atomic E-state index is 0.00704. The zero-order valence-electron chi connectivity index (χ0n) is 12.0. The van der Waals surface area contributed by atoms with Crippen LogP contribution in [0.25, 0.3) is 0 Å². The van der Waals surface area contributed by atoms with Gasteiger partial charge in [0.2, 0.25) is 0 Å². The lowest BCUT2D eigenvalue weighted by Crippen LogP contribution is -2.38. The van der Waals surface area contributed by atoms with E-state index in [2.05, 4.69) is 5.32 Å². The minimum atomic E-state index is -1.31. The molecule has 22 heavy (non-hydrogen) atoms. The first kappa shape index (κ1) is 17.2. The monoisotopic (exact) mass is 359 g/mol. The zero-order chi connectivity index (χ0) is 16.3. The van der Waals surface area contributed by atoms with E-state index in [-0.39, 0.29) is 17.5 Å². The predicted molar refractivity (Wildman–Crippen MR) is 88.9 cm³/mol.